The van der Waals surface area contributed by atoms with Gasteiger partial charge in [-0.2, -0.15) is 0 Å². The minimum Gasteiger partial charge on any atom is -0.881 e. The average Bonchev–Trinajstić information content (AvgIpc) is 0.944. The summed E-state index contributed by atoms with van der Waals surface area (Å²) in [7, 11) is -9.24. The van der Waals surface area contributed by atoms with Crippen LogP contribution in [0.1, 0.15) is 427 Å². The summed E-state index contributed by atoms with van der Waals surface area (Å²) >= 11 is 0. The number of rotatable bonds is 64. The zero-order valence-corrected chi connectivity index (χ0v) is 90.2. The minimum atomic E-state index is -2.31. The molecular formula is C100H224B4N12O8. The second kappa shape index (κ2) is 109. The lowest BCUT2D eigenvalue weighted by Crippen LogP contribution is -2.50. The molecule has 0 aliphatic heterocycles. The molecule has 24 heteroatoms. The van der Waals surface area contributed by atoms with Crippen LogP contribution in [0.5, 0.6) is 0 Å². The highest BCUT2D eigenvalue weighted by molar-refractivity contribution is 6.47. The smallest absolute Gasteiger partial charge is 0.0783 e. The molecule has 0 rings (SSSR count). The zero-order chi connectivity index (χ0) is 98.4. The van der Waals surface area contributed by atoms with Gasteiger partial charge in [-0.1, -0.05) is 222 Å². The van der Waals surface area contributed by atoms with E-state index in [2.05, 4.69) is 222 Å². The number of hydrogen-bond acceptors (Lipinski definition) is 12. The van der Waals surface area contributed by atoms with Crippen LogP contribution in [0, 0.1) is 44.9 Å². The molecule has 0 aliphatic rings. The Kier molecular flexibility index (Phi) is 130. The molecule has 0 heterocycles. The first-order valence-corrected chi connectivity index (χ1v) is 52.7. The van der Waals surface area contributed by atoms with E-state index in [1.807, 2.05) is 0 Å². The highest BCUT2D eigenvalue weighted by Crippen LogP contribution is 2.20. The molecule has 0 N–H and O–H groups in total. The molecule has 0 aromatic heterocycles. The minimum absolute atomic E-state index is 0.917. The first-order chi connectivity index (χ1) is 59.0. The van der Waals surface area contributed by atoms with Crippen molar-refractivity contribution in [2.75, 3.05) is 209 Å². The summed E-state index contributed by atoms with van der Waals surface area (Å²) in [6.07, 6.45) is 42.7. The quantitative estimate of drug-likeness (QED) is 0.0406. The molecule has 0 spiro atoms. The average molecular weight is 1770 g/mol. The molecular weight excluding hydrogens is 1540 g/mol. The summed E-state index contributed by atoms with van der Waals surface area (Å²) < 4.78 is 11.0. The number of quaternary nitrogens is 8. The van der Waals surface area contributed by atoms with Crippen LogP contribution in [0.3, 0.4) is 0 Å². The third kappa shape index (κ3) is 94.2. The van der Waals surface area contributed by atoms with Crippen molar-refractivity contribution in [1.29, 1.82) is 21.0 Å². The van der Waals surface area contributed by atoms with Gasteiger partial charge in [0.2, 0.25) is 0 Å². The summed E-state index contributed by atoms with van der Waals surface area (Å²) in [6.45, 7) is 118. The summed E-state index contributed by atoms with van der Waals surface area (Å²) in [5.41, 5.74) is 0. The van der Waals surface area contributed by atoms with E-state index in [0.717, 1.165) is 23.9 Å². The Morgan fingerprint density at radius 3 is 0.169 bits per heavy atom. The summed E-state index contributed by atoms with van der Waals surface area (Å²) in [4.78, 5) is 0. The maximum atomic E-state index is 8.98. The van der Waals surface area contributed by atoms with Crippen molar-refractivity contribution in [3.05, 3.63) is 0 Å². The largest absolute Gasteiger partial charge is 0.881 e. The second-order valence-corrected chi connectivity index (χ2v) is 35.7. The summed E-state index contributed by atoms with van der Waals surface area (Å²) in [5, 5.41) is 101. The van der Waals surface area contributed by atoms with Crippen molar-refractivity contribution >= 4 is 28.5 Å². The molecule has 0 aromatic carbocycles. The summed E-state index contributed by atoms with van der Waals surface area (Å²) in [6, 6.07) is 0. The molecule has 0 radical (unpaired) electrons. The van der Waals surface area contributed by atoms with E-state index in [0.29, 0.717) is 0 Å². The highest BCUT2D eigenvalue weighted by atomic mass is 16.4. The number of nitrogens with zero attached hydrogens (tertiary/aromatic N) is 12. The molecule has 0 bridgehead atoms. The first kappa shape index (κ1) is 147. The molecule has 0 fully saturated rings. The Hall–Kier alpha value is -2.42. The van der Waals surface area contributed by atoms with E-state index in [9.17, 15) is 0 Å². The van der Waals surface area contributed by atoms with Crippen molar-refractivity contribution in [2.24, 2.45) is 0 Å². The van der Waals surface area contributed by atoms with Crippen LogP contribution in [-0.4, -0.2) is 274 Å². The van der Waals surface area contributed by atoms with Gasteiger partial charge in [-0.25, -0.2) is 21.0 Å². The maximum absolute atomic E-state index is 8.98. The van der Waals surface area contributed by atoms with E-state index in [1.54, 1.807) is 0 Å². The first-order valence-electron chi connectivity index (χ1n) is 52.7. The highest BCUT2D eigenvalue weighted by Gasteiger charge is 2.29. The molecule has 0 aromatic rings. The number of hydrogen-bond donors (Lipinski definition) is 0. The SMILES string of the molecule is CCC[N+](CCC)(CCC)CCC.CCC[N+](CCC)(CCC)CCC.CCC[N+](CCC)(CCC)CCC.CCC[N+](CCC)(CCC)CCC.CCC[N+](CCC)(CCC)CCC.CCC[N+](CCC)(CCC)CCC.CCC[N+](CCC)(CCC)CCC.CCC[N+](CCC)(CCC)CCC.N#CB([O-])[O-].N#CB([O-])[O-].N#CB([O-])[O-].N#CB([O-])[O-]. The number of nitriles is 4. The van der Waals surface area contributed by atoms with Crippen LogP contribution in [-0.2, 0) is 0 Å². The van der Waals surface area contributed by atoms with Crippen LogP contribution < -0.4 is 40.2 Å². The Bertz CT molecular complexity index is 1550. The third-order valence-electron chi connectivity index (χ3n) is 22.8. The fraction of sp³-hybridized carbons (Fsp3) is 0.960. The molecule has 0 saturated carbocycles. The molecule has 20 nitrogen and oxygen atoms in total. The molecule has 0 atom stereocenters. The maximum Gasteiger partial charge on any atom is 0.0783 e. The van der Waals surface area contributed by atoms with Gasteiger partial charge >= 0.3 is 0 Å². The van der Waals surface area contributed by atoms with E-state index < -0.39 is 28.5 Å². The van der Waals surface area contributed by atoms with Gasteiger partial charge in [-0.3, -0.25) is 0 Å². The molecule has 744 valence electrons. The van der Waals surface area contributed by atoms with Crippen LogP contribution >= 0.6 is 0 Å². The fourth-order valence-corrected chi connectivity index (χ4v) is 20.5. The van der Waals surface area contributed by atoms with Crippen molar-refractivity contribution in [3.8, 4) is 23.9 Å². The molecule has 124 heavy (non-hydrogen) atoms. The third-order valence-corrected chi connectivity index (χ3v) is 22.8. The Morgan fingerprint density at radius 2 is 0.153 bits per heavy atom. The predicted molar refractivity (Wildman–Crippen MR) is 533 cm³/mol. The zero-order valence-electron chi connectivity index (χ0n) is 90.2. The van der Waals surface area contributed by atoms with Crippen LogP contribution in [0.25, 0.3) is 0 Å². The monoisotopic (exact) mass is 1770 g/mol. The van der Waals surface area contributed by atoms with Crippen molar-refractivity contribution < 1.29 is 76.1 Å². The predicted octanol–water partition coefficient (Wildman–Crippen LogP) is 16.6. The Morgan fingerprint density at radius 1 is 0.121 bits per heavy atom. The lowest BCUT2D eigenvalue weighted by atomic mass is 9.97. The fourth-order valence-electron chi connectivity index (χ4n) is 20.5. The lowest BCUT2D eigenvalue weighted by molar-refractivity contribution is -0.928. The summed E-state index contributed by atoms with van der Waals surface area (Å²) in [5.74, 6) is 3.67. The van der Waals surface area contributed by atoms with E-state index >= 15 is 0 Å². The van der Waals surface area contributed by atoms with E-state index in [4.69, 9.17) is 61.2 Å². The molecule has 0 saturated heterocycles. The van der Waals surface area contributed by atoms with Crippen molar-refractivity contribution in [3.63, 3.8) is 0 Å². The van der Waals surface area contributed by atoms with E-state index in [1.165, 1.54) is 451 Å². The van der Waals surface area contributed by atoms with Crippen LogP contribution in [0.4, 0.5) is 0 Å². The van der Waals surface area contributed by atoms with Gasteiger partial charge in [0.15, 0.2) is 0 Å². The molecule has 0 aliphatic carbocycles. The lowest BCUT2D eigenvalue weighted by Gasteiger charge is -2.38. The van der Waals surface area contributed by atoms with Gasteiger partial charge in [-0.05, 0) is 229 Å². The van der Waals surface area contributed by atoms with Gasteiger partial charge in [0.05, 0.1) is 209 Å². The van der Waals surface area contributed by atoms with Crippen molar-refractivity contribution in [1.82, 2.24) is 0 Å². The normalized spacial score (nSPS) is 11.0. The molecule has 0 amide bonds. The van der Waals surface area contributed by atoms with Crippen molar-refractivity contribution in [2.45, 2.75) is 427 Å². The Balaban J connectivity index is -0.000000112. The van der Waals surface area contributed by atoms with Crippen LogP contribution in [0.2, 0.25) is 0 Å². The Labute approximate surface area is 781 Å². The van der Waals surface area contributed by atoms with Gasteiger partial charge in [0.1, 0.15) is 0 Å². The topological polar surface area (TPSA) is 280 Å². The van der Waals surface area contributed by atoms with Gasteiger partial charge in [-0.15, -0.1) is 0 Å². The molecule has 0 unspecified atom stereocenters. The van der Waals surface area contributed by atoms with Gasteiger partial charge < -0.3 is 76.1 Å². The van der Waals surface area contributed by atoms with E-state index in [-0.39, 0.29) is 0 Å². The van der Waals surface area contributed by atoms with Crippen LogP contribution in [0.15, 0.2) is 0 Å². The standard InChI is InChI=1S/8C12H28N.4CBNO2/c8*1-5-9-13(10-6-2,11-7-3)12-8-4;4*3-1-2(4)5/h8*5-12H2,1-4H3;;;;/q8*+1;4*-2. The van der Waals surface area contributed by atoms with Gasteiger partial charge in [0.25, 0.3) is 0 Å². The second-order valence-electron chi connectivity index (χ2n) is 35.7. The van der Waals surface area contributed by atoms with Gasteiger partial charge in [0, 0.05) is 28.5 Å².